The highest BCUT2D eigenvalue weighted by Gasteiger charge is 2.35. The van der Waals surface area contributed by atoms with Crippen LogP contribution in [-0.2, 0) is 0 Å². The van der Waals surface area contributed by atoms with E-state index in [0.717, 1.165) is 35.4 Å². The van der Waals surface area contributed by atoms with Crippen molar-refractivity contribution in [1.82, 2.24) is 9.78 Å². The lowest BCUT2D eigenvalue weighted by molar-refractivity contribution is 0.0947. The number of nitrogens with zero attached hydrogens (tertiary/aromatic N) is 2. The van der Waals surface area contributed by atoms with Gasteiger partial charge in [0.15, 0.2) is 0 Å². The molecule has 3 heteroatoms. The molecule has 0 spiro atoms. The fraction of sp³-hybridized carbons (Fsp3) is 0.333. The molecule has 0 fully saturated rings. The molecule has 1 aliphatic carbocycles. The lowest BCUT2D eigenvalue weighted by Gasteiger charge is -2.30. The average Bonchev–Trinajstić information content (AvgIpc) is 3.14. The Kier molecular flexibility index (Phi) is 5.72. The molecule has 1 aliphatic rings. The Balaban J connectivity index is 1.86. The van der Waals surface area contributed by atoms with E-state index in [1.807, 2.05) is 36.4 Å². The summed E-state index contributed by atoms with van der Waals surface area (Å²) < 4.78 is 1.69. The first-order chi connectivity index (χ1) is 14.5. The molecule has 0 amide bonds. The van der Waals surface area contributed by atoms with E-state index >= 15 is 0 Å². The van der Waals surface area contributed by atoms with Crippen molar-refractivity contribution >= 4 is 12.0 Å². The van der Waals surface area contributed by atoms with E-state index in [0.29, 0.717) is 17.8 Å². The van der Waals surface area contributed by atoms with Gasteiger partial charge >= 0.3 is 0 Å². The van der Waals surface area contributed by atoms with E-state index in [2.05, 4.69) is 52.0 Å². The molecule has 0 saturated heterocycles. The van der Waals surface area contributed by atoms with Crippen molar-refractivity contribution in [3.05, 3.63) is 83.1 Å². The van der Waals surface area contributed by atoms with Gasteiger partial charge in [-0.15, -0.1) is 0 Å². The smallest absolute Gasteiger partial charge is 0.267 e. The highest BCUT2D eigenvalue weighted by atomic mass is 16.2. The molecule has 0 bridgehead atoms. The highest BCUT2D eigenvalue weighted by molar-refractivity contribution is 5.94. The molecule has 3 aromatic rings. The maximum absolute atomic E-state index is 13.3. The third-order valence-corrected chi connectivity index (χ3v) is 6.35. The second-order valence-electron chi connectivity index (χ2n) is 8.79. The molecule has 2 atom stereocenters. The van der Waals surface area contributed by atoms with Crippen LogP contribution in [0.5, 0.6) is 0 Å². The normalized spacial score (nSPS) is 18.7. The van der Waals surface area contributed by atoms with Crippen LogP contribution in [0.3, 0.4) is 0 Å². The Labute approximate surface area is 179 Å². The third-order valence-electron chi connectivity index (χ3n) is 6.35. The summed E-state index contributed by atoms with van der Waals surface area (Å²) >= 11 is 0. The van der Waals surface area contributed by atoms with E-state index < -0.39 is 0 Å². The van der Waals surface area contributed by atoms with E-state index in [4.69, 9.17) is 5.10 Å². The van der Waals surface area contributed by atoms with Gasteiger partial charge in [0, 0.05) is 23.1 Å². The summed E-state index contributed by atoms with van der Waals surface area (Å²) in [7, 11) is 0. The number of carbonyl (C=O) groups excluding carboxylic acids is 1. The van der Waals surface area contributed by atoms with Gasteiger partial charge in [0.2, 0.25) is 0 Å². The second-order valence-corrected chi connectivity index (χ2v) is 8.79. The Hall–Kier alpha value is -2.94. The molecule has 154 valence electrons. The number of rotatable bonds is 4. The van der Waals surface area contributed by atoms with E-state index in [1.54, 1.807) is 10.8 Å². The SMILES string of the molecule is Cc1ccccc1-c1nn(C(=O)C=Cc2ccccc2)c2c1C(C)CCC2C(C)C. The molecule has 0 aliphatic heterocycles. The number of fused-ring (bicyclic) bond motifs is 1. The highest BCUT2D eigenvalue weighted by Crippen LogP contribution is 2.46. The zero-order valence-electron chi connectivity index (χ0n) is 18.3. The van der Waals surface area contributed by atoms with Crippen molar-refractivity contribution in [1.29, 1.82) is 0 Å². The predicted octanol–water partition coefficient (Wildman–Crippen LogP) is 6.85. The molecule has 0 saturated carbocycles. The summed E-state index contributed by atoms with van der Waals surface area (Å²) in [6.07, 6.45) is 5.76. The van der Waals surface area contributed by atoms with Gasteiger partial charge in [0.05, 0.1) is 11.4 Å². The number of carbonyl (C=O) groups is 1. The molecule has 2 aromatic carbocycles. The average molecular weight is 399 g/mol. The van der Waals surface area contributed by atoms with Crippen molar-refractivity contribution in [2.75, 3.05) is 0 Å². The quantitative estimate of drug-likeness (QED) is 0.451. The Morgan fingerprint density at radius 2 is 1.77 bits per heavy atom. The zero-order chi connectivity index (χ0) is 21.3. The molecule has 0 N–H and O–H groups in total. The molecule has 1 aromatic heterocycles. The number of hydrogen-bond acceptors (Lipinski definition) is 2. The summed E-state index contributed by atoms with van der Waals surface area (Å²) in [5.41, 5.74) is 6.68. The number of hydrogen-bond donors (Lipinski definition) is 0. The number of allylic oxidation sites excluding steroid dienone is 1. The van der Waals surface area contributed by atoms with Gasteiger partial charge in [-0.3, -0.25) is 4.79 Å². The van der Waals surface area contributed by atoms with E-state index in [-0.39, 0.29) is 5.91 Å². The van der Waals surface area contributed by atoms with Crippen LogP contribution in [-0.4, -0.2) is 15.7 Å². The van der Waals surface area contributed by atoms with E-state index in [1.165, 1.54) is 11.1 Å². The summed E-state index contributed by atoms with van der Waals surface area (Å²) in [6, 6.07) is 18.3. The van der Waals surface area contributed by atoms with Crippen LogP contribution in [0.25, 0.3) is 17.3 Å². The molecular formula is C27H30N2O. The maximum Gasteiger partial charge on any atom is 0.271 e. The van der Waals surface area contributed by atoms with Crippen molar-refractivity contribution in [2.24, 2.45) is 5.92 Å². The van der Waals surface area contributed by atoms with E-state index in [9.17, 15) is 4.79 Å². The summed E-state index contributed by atoms with van der Waals surface area (Å²) in [4.78, 5) is 13.3. The van der Waals surface area contributed by atoms with Gasteiger partial charge in [-0.2, -0.15) is 5.10 Å². The molecule has 1 heterocycles. The van der Waals surface area contributed by atoms with Crippen LogP contribution >= 0.6 is 0 Å². The van der Waals surface area contributed by atoms with Crippen molar-refractivity contribution in [3.8, 4) is 11.3 Å². The minimum absolute atomic E-state index is 0.0744. The van der Waals surface area contributed by atoms with Crippen LogP contribution in [0.2, 0.25) is 0 Å². The van der Waals surface area contributed by atoms with Crippen LogP contribution < -0.4 is 0 Å². The Morgan fingerprint density at radius 1 is 1.07 bits per heavy atom. The second kappa shape index (κ2) is 8.43. The predicted molar refractivity (Wildman–Crippen MR) is 124 cm³/mol. The first-order valence-electron chi connectivity index (χ1n) is 10.9. The Bertz CT molecular complexity index is 1080. The van der Waals surface area contributed by atoms with Crippen molar-refractivity contribution < 1.29 is 4.79 Å². The third kappa shape index (κ3) is 3.77. The van der Waals surface area contributed by atoms with Crippen LogP contribution in [0, 0.1) is 12.8 Å². The topological polar surface area (TPSA) is 34.9 Å². The lowest BCUT2D eigenvalue weighted by Crippen LogP contribution is -2.23. The molecule has 0 radical (unpaired) electrons. The van der Waals surface area contributed by atoms with Gasteiger partial charge in [-0.25, -0.2) is 4.68 Å². The van der Waals surface area contributed by atoms with Gasteiger partial charge in [0.1, 0.15) is 0 Å². The van der Waals surface area contributed by atoms with Gasteiger partial charge < -0.3 is 0 Å². The fourth-order valence-electron chi connectivity index (χ4n) is 4.65. The molecular weight excluding hydrogens is 368 g/mol. The van der Waals surface area contributed by atoms with Crippen molar-refractivity contribution in [2.45, 2.75) is 52.4 Å². The lowest BCUT2D eigenvalue weighted by atomic mass is 9.75. The largest absolute Gasteiger partial charge is 0.271 e. The fourth-order valence-corrected chi connectivity index (χ4v) is 4.65. The number of benzene rings is 2. The Morgan fingerprint density at radius 3 is 2.47 bits per heavy atom. The first kappa shape index (κ1) is 20.3. The summed E-state index contributed by atoms with van der Waals surface area (Å²) in [6.45, 7) is 8.89. The van der Waals surface area contributed by atoms with Crippen LogP contribution in [0.1, 0.15) is 72.6 Å². The zero-order valence-corrected chi connectivity index (χ0v) is 18.3. The standard InChI is InChI=1S/C27H30N2O/c1-18(2)22-16-14-20(4)25-26(23-13-9-8-10-19(23)3)28-29(27(22)25)24(30)17-15-21-11-6-5-7-12-21/h5-13,15,17-18,20,22H,14,16H2,1-4H3. The number of aryl methyl sites for hydroxylation is 1. The van der Waals surface area contributed by atoms with Gasteiger partial charge in [-0.1, -0.05) is 75.4 Å². The van der Waals surface area contributed by atoms with Crippen LogP contribution in [0.15, 0.2) is 60.7 Å². The van der Waals surface area contributed by atoms with Gasteiger partial charge in [0.25, 0.3) is 5.91 Å². The molecule has 30 heavy (non-hydrogen) atoms. The first-order valence-corrected chi connectivity index (χ1v) is 10.9. The molecule has 2 unspecified atom stereocenters. The summed E-state index contributed by atoms with van der Waals surface area (Å²) in [5.74, 6) is 1.12. The van der Waals surface area contributed by atoms with Crippen molar-refractivity contribution in [3.63, 3.8) is 0 Å². The monoisotopic (exact) mass is 398 g/mol. The molecule has 3 nitrogen and oxygen atoms in total. The minimum atomic E-state index is -0.0744. The van der Waals surface area contributed by atoms with Gasteiger partial charge in [-0.05, 0) is 48.8 Å². The van der Waals surface area contributed by atoms with Crippen LogP contribution in [0.4, 0.5) is 0 Å². The number of aromatic nitrogens is 2. The minimum Gasteiger partial charge on any atom is -0.267 e. The maximum atomic E-state index is 13.3. The summed E-state index contributed by atoms with van der Waals surface area (Å²) in [5, 5.41) is 4.93. The molecule has 4 rings (SSSR count).